The molecule has 0 aromatic heterocycles. The summed E-state index contributed by atoms with van der Waals surface area (Å²) in [5.74, 6) is -0.489. The van der Waals surface area contributed by atoms with Crippen LogP contribution in [0.25, 0.3) is 0 Å². The van der Waals surface area contributed by atoms with Gasteiger partial charge in [-0.15, -0.1) is 0 Å². The molecule has 0 radical (unpaired) electrons. The van der Waals surface area contributed by atoms with Gasteiger partial charge in [0.2, 0.25) is 5.91 Å². The van der Waals surface area contributed by atoms with Crippen LogP contribution in [0.15, 0.2) is 54.6 Å². The third-order valence-electron chi connectivity index (χ3n) is 3.08. The van der Waals surface area contributed by atoms with E-state index in [0.717, 1.165) is 5.69 Å². The molecule has 4 nitrogen and oxygen atoms in total. The monoisotopic (exact) mass is 282 g/mol. The number of amides is 1. The Labute approximate surface area is 124 Å². The molecule has 21 heavy (non-hydrogen) atoms. The molecule has 0 aliphatic heterocycles. The van der Waals surface area contributed by atoms with E-state index >= 15 is 0 Å². The van der Waals surface area contributed by atoms with Gasteiger partial charge < -0.3 is 10.2 Å². The average molecular weight is 282 g/mol. The van der Waals surface area contributed by atoms with Crippen LogP contribution in [0.3, 0.4) is 0 Å². The minimum absolute atomic E-state index is 0.157. The summed E-state index contributed by atoms with van der Waals surface area (Å²) < 4.78 is 0. The van der Waals surface area contributed by atoms with E-state index < -0.39 is 0 Å². The van der Waals surface area contributed by atoms with E-state index in [1.54, 1.807) is 24.3 Å². The molecule has 1 N–H and O–H groups in total. The minimum atomic E-state index is -0.303. The number of Topliss-reactive ketones (excluding diaryl/α,β-unsaturated/α-hetero) is 1. The Morgan fingerprint density at radius 1 is 0.952 bits per heavy atom. The van der Waals surface area contributed by atoms with Crippen molar-refractivity contribution in [2.45, 2.75) is 6.42 Å². The Morgan fingerprint density at radius 2 is 1.57 bits per heavy atom. The van der Waals surface area contributed by atoms with Crippen molar-refractivity contribution < 1.29 is 9.59 Å². The zero-order valence-electron chi connectivity index (χ0n) is 12.2. The van der Waals surface area contributed by atoms with Crippen LogP contribution >= 0.6 is 0 Å². The highest BCUT2D eigenvalue weighted by Crippen LogP contribution is 2.14. The molecule has 2 aromatic rings. The van der Waals surface area contributed by atoms with Gasteiger partial charge in [-0.2, -0.15) is 0 Å². The van der Waals surface area contributed by atoms with Crippen molar-refractivity contribution >= 4 is 23.1 Å². The third-order valence-corrected chi connectivity index (χ3v) is 3.08. The van der Waals surface area contributed by atoms with Crippen LogP contribution in [0.5, 0.6) is 0 Å². The second-order valence-corrected chi connectivity index (χ2v) is 4.96. The average Bonchev–Trinajstić information content (AvgIpc) is 2.48. The van der Waals surface area contributed by atoms with Gasteiger partial charge in [-0.1, -0.05) is 18.2 Å². The summed E-state index contributed by atoms with van der Waals surface area (Å²) in [5.41, 5.74) is 2.25. The number of para-hydroxylation sites is 1. The molecule has 0 atom stereocenters. The van der Waals surface area contributed by atoms with Crippen molar-refractivity contribution in [2.24, 2.45) is 0 Å². The van der Waals surface area contributed by atoms with E-state index in [1.807, 2.05) is 49.3 Å². The topological polar surface area (TPSA) is 49.4 Å². The standard InChI is InChI=1S/C17H18N2O2/c1-19(2)15-10-8-13(9-11-15)16(20)12-17(21)18-14-6-4-3-5-7-14/h3-11H,12H2,1-2H3,(H,18,21). The second kappa shape index (κ2) is 6.70. The van der Waals surface area contributed by atoms with Crippen LogP contribution < -0.4 is 10.2 Å². The zero-order valence-corrected chi connectivity index (χ0v) is 12.2. The molecule has 1 amide bonds. The molecule has 4 heteroatoms. The van der Waals surface area contributed by atoms with Crippen LogP contribution in [0.1, 0.15) is 16.8 Å². The van der Waals surface area contributed by atoms with Gasteiger partial charge in [0.15, 0.2) is 5.78 Å². The summed E-state index contributed by atoms with van der Waals surface area (Å²) >= 11 is 0. The maximum absolute atomic E-state index is 12.1. The number of carbonyl (C=O) groups excluding carboxylic acids is 2. The summed E-state index contributed by atoms with van der Waals surface area (Å²) in [4.78, 5) is 25.8. The molecule has 0 saturated carbocycles. The van der Waals surface area contributed by atoms with Crippen molar-refractivity contribution in [3.8, 4) is 0 Å². The summed E-state index contributed by atoms with van der Waals surface area (Å²) in [7, 11) is 3.87. The summed E-state index contributed by atoms with van der Waals surface area (Å²) in [6, 6.07) is 16.3. The summed E-state index contributed by atoms with van der Waals surface area (Å²) in [5, 5.41) is 2.70. The minimum Gasteiger partial charge on any atom is -0.378 e. The van der Waals surface area contributed by atoms with Crippen LogP contribution in [0.2, 0.25) is 0 Å². The predicted octanol–water partition coefficient (Wildman–Crippen LogP) is 2.96. The van der Waals surface area contributed by atoms with Gasteiger partial charge >= 0.3 is 0 Å². The Hall–Kier alpha value is -2.62. The number of carbonyl (C=O) groups is 2. The van der Waals surface area contributed by atoms with E-state index in [1.165, 1.54) is 0 Å². The molecular weight excluding hydrogens is 264 g/mol. The third kappa shape index (κ3) is 4.18. The van der Waals surface area contributed by atoms with Crippen molar-refractivity contribution in [1.29, 1.82) is 0 Å². The van der Waals surface area contributed by atoms with Gasteiger partial charge in [0.05, 0.1) is 6.42 Å². The Bertz CT molecular complexity index is 619. The number of nitrogens with one attached hydrogen (secondary N) is 1. The van der Waals surface area contributed by atoms with E-state index in [-0.39, 0.29) is 18.1 Å². The van der Waals surface area contributed by atoms with Crippen LogP contribution in [-0.4, -0.2) is 25.8 Å². The van der Waals surface area contributed by atoms with Crippen molar-refractivity contribution in [1.82, 2.24) is 0 Å². The van der Waals surface area contributed by atoms with E-state index in [9.17, 15) is 9.59 Å². The first-order valence-corrected chi connectivity index (χ1v) is 6.72. The molecule has 0 bridgehead atoms. The molecule has 0 aliphatic carbocycles. The number of ketones is 1. The SMILES string of the molecule is CN(C)c1ccc(C(=O)CC(=O)Nc2ccccc2)cc1. The number of nitrogens with zero attached hydrogens (tertiary/aromatic N) is 1. The number of rotatable bonds is 5. The van der Waals surface area contributed by atoms with Crippen LogP contribution in [0, 0.1) is 0 Å². The van der Waals surface area contributed by atoms with Gasteiger partial charge in [0.1, 0.15) is 0 Å². The number of hydrogen-bond acceptors (Lipinski definition) is 3. The Morgan fingerprint density at radius 3 is 2.14 bits per heavy atom. The molecule has 0 unspecified atom stereocenters. The Kier molecular flexibility index (Phi) is 4.72. The lowest BCUT2D eigenvalue weighted by Gasteiger charge is -2.12. The zero-order chi connectivity index (χ0) is 15.2. The first-order chi connectivity index (χ1) is 10.1. The van der Waals surface area contributed by atoms with Gasteiger partial charge in [-0.05, 0) is 36.4 Å². The molecule has 0 saturated heterocycles. The summed E-state index contributed by atoms with van der Waals surface area (Å²) in [6.45, 7) is 0. The second-order valence-electron chi connectivity index (χ2n) is 4.96. The number of anilines is 2. The number of benzene rings is 2. The lowest BCUT2D eigenvalue weighted by molar-refractivity contribution is -0.115. The smallest absolute Gasteiger partial charge is 0.232 e. The highest BCUT2D eigenvalue weighted by Gasteiger charge is 2.12. The van der Waals surface area contributed by atoms with Gasteiger partial charge in [-0.3, -0.25) is 9.59 Å². The summed E-state index contributed by atoms with van der Waals surface area (Å²) in [6.07, 6.45) is -0.157. The molecule has 0 spiro atoms. The lowest BCUT2D eigenvalue weighted by atomic mass is 10.1. The fourth-order valence-corrected chi connectivity index (χ4v) is 1.92. The fraction of sp³-hybridized carbons (Fsp3) is 0.176. The van der Waals surface area contributed by atoms with Crippen molar-refractivity contribution in [2.75, 3.05) is 24.3 Å². The normalized spacial score (nSPS) is 10.0. The highest BCUT2D eigenvalue weighted by molar-refractivity contribution is 6.11. The van der Waals surface area contributed by atoms with Gasteiger partial charge in [0, 0.05) is 31.0 Å². The first kappa shape index (κ1) is 14.8. The lowest BCUT2D eigenvalue weighted by Crippen LogP contribution is -2.16. The quantitative estimate of drug-likeness (QED) is 0.677. The highest BCUT2D eigenvalue weighted by atomic mass is 16.2. The van der Waals surface area contributed by atoms with Crippen molar-refractivity contribution in [3.63, 3.8) is 0 Å². The van der Waals surface area contributed by atoms with Gasteiger partial charge in [-0.25, -0.2) is 0 Å². The molecular formula is C17H18N2O2. The van der Waals surface area contributed by atoms with Crippen LogP contribution in [-0.2, 0) is 4.79 Å². The maximum Gasteiger partial charge on any atom is 0.232 e. The Balaban J connectivity index is 1.96. The maximum atomic E-state index is 12.1. The molecule has 0 fully saturated rings. The van der Waals surface area contributed by atoms with Crippen LogP contribution in [0.4, 0.5) is 11.4 Å². The van der Waals surface area contributed by atoms with E-state index in [4.69, 9.17) is 0 Å². The number of hydrogen-bond donors (Lipinski definition) is 1. The van der Waals surface area contributed by atoms with E-state index in [2.05, 4.69) is 5.32 Å². The van der Waals surface area contributed by atoms with E-state index in [0.29, 0.717) is 11.3 Å². The largest absolute Gasteiger partial charge is 0.378 e. The molecule has 108 valence electrons. The molecule has 0 aliphatic rings. The fourth-order valence-electron chi connectivity index (χ4n) is 1.92. The van der Waals surface area contributed by atoms with Gasteiger partial charge in [0.25, 0.3) is 0 Å². The molecule has 0 heterocycles. The predicted molar refractivity (Wildman–Crippen MR) is 84.8 cm³/mol. The first-order valence-electron chi connectivity index (χ1n) is 6.72. The molecule has 2 aromatic carbocycles. The molecule has 2 rings (SSSR count). The van der Waals surface area contributed by atoms with Crippen molar-refractivity contribution in [3.05, 3.63) is 60.2 Å².